The van der Waals surface area contributed by atoms with E-state index in [0.29, 0.717) is 18.7 Å². The second-order valence-electron chi connectivity index (χ2n) is 4.67. The number of ketones is 1. The van der Waals surface area contributed by atoms with Crippen molar-refractivity contribution >= 4 is 23.5 Å². The summed E-state index contributed by atoms with van der Waals surface area (Å²) in [5.74, 6) is -0.102. The molecule has 0 atom stereocenters. The van der Waals surface area contributed by atoms with Gasteiger partial charge < -0.3 is 10.1 Å². The molecule has 0 bridgehead atoms. The van der Waals surface area contributed by atoms with Gasteiger partial charge in [0.15, 0.2) is 5.78 Å². The summed E-state index contributed by atoms with van der Waals surface area (Å²) in [6.07, 6.45) is 1.99. The van der Waals surface area contributed by atoms with Crippen LogP contribution in [0.4, 0.5) is 0 Å². The van der Waals surface area contributed by atoms with E-state index in [0.717, 1.165) is 4.90 Å². The summed E-state index contributed by atoms with van der Waals surface area (Å²) in [6.45, 7) is 1.37. The van der Waals surface area contributed by atoms with Crippen LogP contribution in [0.2, 0.25) is 0 Å². The van der Waals surface area contributed by atoms with E-state index >= 15 is 0 Å². The zero-order valence-electron chi connectivity index (χ0n) is 12.7. The SMILES string of the molecule is COCCNC(=O)CN(C)CC(=O)c1ccc(SC)cc1. The number of nitrogens with zero attached hydrogens (tertiary/aromatic N) is 1. The first-order valence-corrected chi connectivity index (χ1v) is 7.90. The van der Waals surface area contributed by atoms with E-state index in [9.17, 15) is 9.59 Å². The molecule has 1 N–H and O–H groups in total. The molecule has 5 nitrogen and oxygen atoms in total. The molecule has 0 saturated carbocycles. The maximum atomic E-state index is 12.1. The lowest BCUT2D eigenvalue weighted by Gasteiger charge is -2.15. The number of likely N-dealkylation sites (N-methyl/N-ethyl adjacent to an activating group) is 1. The van der Waals surface area contributed by atoms with Gasteiger partial charge in [-0.15, -0.1) is 11.8 Å². The van der Waals surface area contributed by atoms with Crippen molar-refractivity contribution in [1.82, 2.24) is 10.2 Å². The summed E-state index contributed by atoms with van der Waals surface area (Å²) >= 11 is 1.64. The normalized spacial score (nSPS) is 10.7. The minimum atomic E-state index is -0.111. The van der Waals surface area contributed by atoms with E-state index in [1.54, 1.807) is 30.8 Å². The molecule has 21 heavy (non-hydrogen) atoms. The molecule has 1 amide bonds. The smallest absolute Gasteiger partial charge is 0.234 e. The van der Waals surface area contributed by atoms with Crippen LogP contribution in [0.15, 0.2) is 29.2 Å². The maximum absolute atomic E-state index is 12.1. The van der Waals surface area contributed by atoms with E-state index in [2.05, 4.69) is 5.32 Å². The molecule has 0 unspecified atom stereocenters. The number of rotatable bonds is 9. The van der Waals surface area contributed by atoms with Crippen molar-refractivity contribution in [3.05, 3.63) is 29.8 Å². The van der Waals surface area contributed by atoms with E-state index in [1.807, 2.05) is 30.5 Å². The maximum Gasteiger partial charge on any atom is 0.234 e. The number of Topliss-reactive ketones (excluding diaryl/α,β-unsaturated/α-hetero) is 1. The number of ether oxygens (including phenoxy) is 1. The number of carbonyl (C=O) groups excluding carboxylic acids is 2. The van der Waals surface area contributed by atoms with Crippen LogP contribution in [0, 0.1) is 0 Å². The molecule has 1 aromatic rings. The molecule has 0 aliphatic carbocycles. The first-order valence-electron chi connectivity index (χ1n) is 6.68. The molecular weight excluding hydrogens is 288 g/mol. The molecule has 1 aromatic carbocycles. The fourth-order valence-corrected chi connectivity index (χ4v) is 2.17. The van der Waals surface area contributed by atoms with Crippen molar-refractivity contribution in [3.63, 3.8) is 0 Å². The van der Waals surface area contributed by atoms with Crippen LogP contribution in [0.3, 0.4) is 0 Å². The highest BCUT2D eigenvalue weighted by molar-refractivity contribution is 7.98. The molecule has 0 spiro atoms. The molecular formula is C15H22N2O3S. The van der Waals surface area contributed by atoms with Gasteiger partial charge in [0.2, 0.25) is 5.91 Å². The molecule has 6 heteroatoms. The van der Waals surface area contributed by atoms with Crippen molar-refractivity contribution in [2.24, 2.45) is 0 Å². The first-order chi connectivity index (χ1) is 10.1. The zero-order valence-corrected chi connectivity index (χ0v) is 13.5. The van der Waals surface area contributed by atoms with Gasteiger partial charge in [0, 0.05) is 24.1 Å². The number of methoxy groups -OCH3 is 1. The minimum Gasteiger partial charge on any atom is -0.383 e. The van der Waals surface area contributed by atoms with Crippen molar-refractivity contribution in [3.8, 4) is 0 Å². The van der Waals surface area contributed by atoms with Gasteiger partial charge in [0.1, 0.15) is 0 Å². The monoisotopic (exact) mass is 310 g/mol. The highest BCUT2D eigenvalue weighted by Gasteiger charge is 2.12. The van der Waals surface area contributed by atoms with Gasteiger partial charge in [-0.1, -0.05) is 12.1 Å². The average Bonchev–Trinajstić information content (AvgIpc) is 2.47. The fraction of sp³-hybridized carbons (Fsp3) is 0.467. The molecule has 0 aliphatic heterocycles. The van der Waals surface area contributed by atoms with Crippen molar-refractivity contribution in [2.75, 3.05) is 46.7 Å². The van der Waals surface area contributed by atoms with E-state index < -0.39 is 0 Å². The standard InChI is InChI=1S/C15H22N2O3S/c1-17(11-15(19)16-8-9-20-2)10-14(18)12-4-6-13(21-3)7-5-12/h4-7H,8-11H2,1-3H3,(H,16,19). The third kappa shape index (κ3) is 6.75. The summed E-state index contributed by atoms with van der Waals surface area (Å²) < 4.78 is 4.85. The Kier molecular flexibility index (Phi) is 8.04. The summed E-state index contributed by atoms with van der Waals surface area (Å²) in [5, 5.41) is 2.72. The largest absolute Gasteiger partial charge is 0.383 e. The molecule has 0 fully saturated rings. The van der Waals surface area contributed by atoms with E-state index in [1.165, 1.54) is 0 Å². The summed E-state index contributed by atoms with van der Waals surface area (Å²) in [5.41, 5.74) is 0.666. The first kappa shape index (κ1) is 17.7. The van der Waals surface area contributed by atoms with Gasteiger partial charge in [0.25, 0.3) is 0 Å². The average molecular weight is 310 g/mol. The Labute approximate surface area is 130 Å². The third-order valence-electron chi connectivity index (χ3n) is 2.87. The van der Waals surface area contributed by atoms with Crippen LogP contribution >= 0.6 is 11.8 Å². The van der Waals surface area contributed by atoms with Gasteiger partial charge in [-0.25, -0.2) is 0 Å². The Morgan fingerprint density at radius 2 is 1.90 bits per heavy atom. The minimum absolute atomic E-state index is 0.00912. The van der Waals surface area contributed by atoms with Gasteiger partial charge in [-0.05, 0) is 25.4 Å². The second-order valence-corrected chi connectivity index (χ2v) is 5.55. The zero-order chi connectivity index (χ0) is 15.7. The van der Waals surface area contributed by atoms with Crippen LogP contribution in [0.5, 0.6) is 0 Å². The van der Waals surface area contributed by atoms with Gasteiger partial charge in [0.05, 0.1) is 19.7 Å². The quantitative estimate of drug-likeness (QED) is 0.423. The number of amides is 1. The van der Waals surface area contributed by atoms with Gasteiger partial charge in [-0.2, -0.15) is 0 Å². The van der Waals surface area contributed by atoms with Crippen LogP contribution in [-0.2, 0) is 9.53 Å². The highest BCUT2D eigenvalue weighted by Crippen LogP contribution is 2.15. The van der Waals surface area contributed by atoms with E-state index in [-0.39, 0.29) is 24.8 Å². The molecule has 0 aliphatic rings. The summed E-state index contributed by atoms with van der Waals surface area (Å²) in [7, 11) is 3.34. The predicted octanol–water partition coefficient (Wildman–Crippen LogP) is 1.29. The van der Waals surface area contributed by atoms with Crippen LogP contribution in [-0.4, -0.2) is 63.2 Å². The van der Waals surface area contributed by atoms with E-state index in [4.69, 9.17) is 4.74 Å². The predicted molar refractivity (Wildman–Crippen MR) is 84.9 cm³/mol. The van der Waals surface area contributed by atoms with Crippen molar-refractivity contribution < 1.29 is 14.3 Å². The lowest BCUT2D eigenvalue weighted by Crippen LogP contribution is -2.38. The third-order valence-corrected chi connectivity index (χ3v) is 3.61. The summed E-state index contributed by atoms with van der Waals surface area (Å²) in [6, 6.07) is 7.49. The number of carbonyl (C=O) groups is 2. The Morgan fingerprint density at radius 1 is 1.24 bits per heavy atom. The van der Waals surface area contributed by atoms with Crippen LogP contribution in [0.25, 0.3) is 0 Å². The van der Waals surface area contributed by atoms with Crippen molar-refractivity contribution in [2.45, 2.75) is 4.90 Å². The Morgan fingerprint density at radius 3 is 2.48 bits per heavy atom. The fourth-order valence-electron chi connectivity index (χ4n) is 1.76. The van der Waals surface area contributed by atoms with Crippen molar-refractivity contribution in [1.29, 1.82) is 0 Å². The number of benzene rings is 1. The number of hydrogen-bond donors (Lipinski definition) is 1. The Hall–Kier alpha value is -1.37. The second kappa shape index (κ2) is 9.55. The number of hydrogen-bond acceptors (Lipinski definition) is 5. The molecule has 0 radical (unpaired) electrons. The lowest BCUT2D eigenvalue weighted by atomic mass is 10.1. The summed E-state index contributed by atoms with van der Waals surface area (Å²) in [4.78, 5) is 26.5. The van der Waals surface area contributed by atoms with Crippen LogP contribution in [0.1, 0.15) is 10.4 Å². The molecule has 1 rings (SSSR count). The number of nitrogens with one attached hydrogen (secondary N) is 1. The van der Waals surface area contributed by atoms with Gasteiger partial charge >= 0.3 is 0 Å². The Balaban J connectivity index is 2.40. The molecule has 0 heterocycles. The highest BCUT2D eigenvalue weighted by atomic mass is 32.2. The number of thioether (sulfide) groups is 1. The molecule has 0 saturated heterocycles. The van der Waals surface area contributed by atoms with Gasteiger partial charge in [-0.3, -0.25) is 14.5 Å². The Bertz CT molecular complexity index is 462. The topological polar surface area (TPSA) is 58.6 Å². The molecule has 0 aromatic heterocycles. The lowest BCUT2D eigenvalue weighted by molar-refractivity contribution is -0.122. The molecule has 116 valence electrons. The van der Waals surface area contributed by atoms with Crippen LogP contribution < -0.4 is 5.32 Å².